The maximum atomic E-state index is 6.62. The van der Waals surface area contributed by atoms with Gasteiger partial charge >= 0.3 is 0 Å². The summed E-state index contributed by atoms with van der Waals surface area (Å²) in [6.45, 7) is 0. The standard InChI is InChI=1S/C56H33N3O/c1-2-18-35-34(16-1)17-13-25-36(35)37-19-3-4-23-42(37)53-57-54(59-55(58-53)45-28-14-26-41-40-22-8-12-33-50(40)60-52(41)45)44-27-15-32-49-51(44)43-24-7-11-31-48(43)56(49)46-29-9-5-20-38(46)39-21-6-10-30-47(39)56/h1-33H. The van der Waals surface area contributed by atoms with Crippen LogP contribution in [-0.4, -0.2) is 15.0 Å². The molecule has 0 fully saturated rings. The van der Waals surface area contributed by atoms with E-state index in [1.807, 2.05) is 12.1 Å². The summed E-state index contributed by atoms with van der Waals surface area (Å²) in [5, 5.41) is 4.44. The van der Waals surface area contributed by atoms with Crippen LogP contribution < -0.4 is 0 Å². The van der Waals surface area contributed by atoms with Gasteiger partial charge in [0.1, 0.15) is 11.2 Å². The zero-order valence-corrected chi connectivity index (χ0v) is 32.3. The predicted octanol–water partition coefficient (Wildman–Crippen LogP) is 13.9. The number of nitrogens with zero attached hydrogens (tertiary/aromatic N) is 3. The van der Waals surface area contributed by atoms with Crippen molar-refractivity contribution in [3.05, 3.63) is 222 Å². The van der Waals surface area contributed by atoms with Gasteiger partial charge in [0.05, 0.1) is 11.0 Å². The Bertz CT molecular complexity index is 3530. The van der Waals surface area contributed by atoms with Crippen LogP contribution in [0.15, 0.2) is 205 Å². The first-order valence-electron chi connectivity index (χ1n) is 20.4. The molecule has 60 heavy (non-hydrogen) atoms. The number of rotatable bonds is 4. The lowest BCUT2D eigenvalue weighted by molar-refractivity contribution is 0.669. The minimum Gasteiger partial charge on any atom is -0.455 e. The fraction of sp³-hybridized carbons (Fsp3) is 0.0179. The molecule has 2 aliphatic carbocycles. The SMILES string of the molecule is c1ccc(-c2cccc3ccccc23)c(-c2nc(-c3cccc4c3-c3ccccc3C43c4ccccc4-c4ccccc43)nc(-c3cccc4c3oc3ccccc34)n2)c1. The van der Waals surface area contributed by atoms with Gasteiger partial charge in [0.15, 0.2) is 17.5 Å². The first-order chi connectivity index (χ1) is 29.8. The van der Waals surface area contributed by atoms with Crippen LogP contribution in [0.25, 0.3) is 100 Å². The van der Waals surface area contributed by atoms with E-state index in [0.717, 1.165) is 55.3 Å². The van der Waals surface area contributed by atoms with E-state index in [1.54, 1.807) is 0 Å². The van der Waals surface area contributed by atoms with Gasteiger partial charge in [0.25, 0.3) is 0 Å². The van der Waals surface area contributed by atoms with Gasteiger partial charge in [-0.15, -0.1) is 0 Å². The van der Waals surface area contributed by atoms with E-state index in [-0.39, 0.29) is 0 Å². The molecule has 13 rings (SSSR count). The predicted molar refractivity (Wildman–Crippen MR) is 243 cm³/mol. The zero-order valence-electron chi connectivity index (χ0n) is 32.3. The summed E-state index contributed by atoms with van der Waals surface area (Å²) in [4.78, 5) is 16.3. The normalized spacial score (nSPS) is 13.1. The van der Waals surface area contributed by atoms with Gasteiger partial charge in [-0.25, -0.2) is 15.0 Å². The Kier molecular flexibility index (Phi) is 6.90. The maximum Gasteiger partial charge on any atom is 0.167 e. The molecule has 0 aliphatic heterocycles. The third-order valence-corrected chi connectivity index (χ3v) is 12.8. The van der Waals surface area contributed by atoms with Crippen LogP contribution in [-0.2, 0) is 5.41 Å². The number of furan rings is 1. The fourth-order valence-electron chi connectivity index (χ4n) is 10.4. The van der Waals surface area contributed by atoms with Crippen LogP contribution in [0, 0.1) is 0 Å². The average molecular weight is 764 g/mol. The smallest absolute Gasteiger partial charge is 0.167 e. The van der Waals surface area contributed by atoms with Crippen LogP contribution >= 0.6 is 0 Å². The molecule has 2 aromatic heterocycles. The maximum absolute atomic E-state index is 6.62. The first-order valence-corrected chi connectivity index (χ1v) is 20.4. The van der Waals surface area contributed by atoms with E-state index in [4.69, 9.17) is 19.4 Å². The lowest BCUT2D eigenvalue weighted by Gasteiger charge is -2.30. The molecular weight excluding hydrogens is 731 g/mol. The van der Waals surface area contributed by atoms with Crippen LogP contribution in [0.1, 0.15) is 22.3 Å². The van der Waals surface area contributed by atoms with E-state index in [2.05, 4.69) is 188 Å². The molecule has 0 unspecified atom stereocenters. The van der Waals surface area contributed by atoms with Gasteiger partial charge in [-0.05, 0) is 78.5 Å². The van der Waals surface area contributed by atoms with E-state index >= 15 is 0 Å². The quantitative estimate of drug-likeness (QED) is 0.179. The third-order valence-electron chi connectivity index (χ3n) is 12.8. The van der Waals surface area contributed by atoms with E-state index in [9.17, 15) is 0 Å². The van der Waals surface area contributed by atoms with E-state index < -0.39 is 5.41 Å². The second-order valence-electron chi connectivity index (χ2n) is 15.8. The van der Waals surface area contributed by atoms with Gasteiger partial charge in [-0.3, -0.25) is 0 Å². The number of benzene rings is 9. The van der Waals surface area contributed by atoms with Crippen molar-refractivity contribution in [2.45, 2.75) is 5.41 Å². The number of para-hydroxylation sites is 2. The van der Waals surface area contributed by atoms with Crippen molar-refractivity contribution in [1.29, 1.82) is 0 Å². The highest BCUT2D eigenvalue weighted by Gasteiger charge is 2.52. The number of fused-ring (bicyclic) bond motifs is 14. The lowest BCUT2D eigenvalue weighted by atomic mass is 9.70. The summed E-state index contributed by atoms with van der Waals surface area (Å²) in [7, 11) is 0. The van der Waals surface area contributed by atoms with Gasteiger partial charge in [-0.2, -0.15) is 0 Å². The Hall–Kier alpha value is -7.95. The van der Waals surface area contributed by atoms with Crippen LogP contribution in [0.2, 0.25) is 0 Å². The molecule has 2 heterocycles. The summed E-state index contributed by atoms with van der Waals surface area (Å²) in [6.07, 6.45) is 0. The molecule has 278 valence electrons. The summed E-state index contributed by atoms with van der Waals surface area (Å²) >= 11 is 0. The molecule has 1 spiro atoms. The van der Waals surface area contributed by atoms with Crippen molar-refractivity contribution in [2.24, 2.45) is 0 Å². The molecule has 9 aromatic carbocycles. The van der Waals surface area contributed by atoms with Crippen molar-refractivity contribution in [2.75, 3.05) is 0 Å². The van der Waals surface area contributed by atoms with E-state index in [1.165, 1.54) is 49.7 Å². The molecule has 0 bridgehead atoms. The lowest BCUT2D eigenvalue weighted by Crippen LogP contribution is -2.25. The molecule has 0 N–H and O–H groups in total. The largest absolute Gasteiger partial charge is 0.455 e. The summed E-state index contributed by atoms with van der Waals surface area (Å²) < 4.78 is 6.62. The second kappa shape index (κ2) is 12.5. The second-order valence-corrected chi connectivity index (χ2v) is 15.8. The minimum atomic E-state index is -0.491. The molecular formula is C56H33N3O. The zero-order chi connectivity index (χ0) is 39.4. The summed E-state index contributed by atoms with van der Waals surface area (Å²) in [6, 6.07) is 71.3. The number of hydrogen-bond acceptors (Lipinski definition) is 4. The highest BCUT2D eigenvalue weighted by atomic mass is 16.3. The van der Waals surface area contributed by atoms with Crippen LogP contribution in [0.3, 0.4) is 0 Å². The number of aromatic nitrogens is 3. The summed E-state index contributed by atoms with van der Waals surface area (Å²) in [5.74, 6) is 1.77. The topological polar surface area (TPSA) is 51.8 Å². The number of hydrogen-bond donors (Lipinski definition) is 0. The first kappa shape index (κ1) is 33.1. The van der Waals surface area contributed by atoms with Crippen molar-refractivity contribution in [1.82, 2.24) is 15.0 Å². The van der Waals surface area contributed by atoms with Crippen molar-refractivity contribution < 1.29 is 4.42 Å². The molecule has 0 radical (unpaired) electrons. The highest BCUT2D eigenvalue weighted by molar-refractivity contribution is 6.09. The molecule has 0 atom stereocenters. The van der Waals surface area contributed by atoms with Gasteiger partial charge in [0, 0.05) is 21.9 Å². The minimum absolute atomic E-state index is 0.491. The average Bonchev–Trinajstić information content (AvgIpc) is 3.96. The van der Waals surface area contributed by atoms with Gasteiger partial charge in [-0.1, -0.05) is 188 Å². The van der Waals surface area contributed by atoms with Gasteiger partial charge < -0.3 is 4.42 Å². The molecule has 0 saturated heterocycles. The Morgan fingerprint density at radius 1 is 0.300 bits per heavy atom. The van der Waals surface area contributed by atoms with Gasteiger partial charge in [0.2, 0.25) is 0 Å². The third kappa shape index (κ3) is 4.47. The van der Waals surface area contributed by atoms with Crippen molar-refractivity contribution >= 4 is 32.7 Å². The van der Waals surface area contributed by atoms with Crippen molar-refractivity contribution in [3.63, 3.8) is 0 Å². The monoisotopic (exact) mass is 763 g/mol. The Morgan fingerprint density at radius 2 is 0.750 bits per heavy atom. The Morgan fingerprint density at radius 3 is 1.52 bits per heavy atom. The van der Waals surface area contributed by atoms with Crippen LogP contribution in [0.5, 0.6) is 0 Å². The van der Waals surface area contributed by atoms with E-state index in [0.29, 0.717) is 17.5 Å². The Balaban J connectivity index is 1.11. The molecule has 2 aliphatic rings. The summed E-state index contributed by atoms with van der Waals surface area (Å²) in [5.41, 5.74) is 16.0. The van der Waals surface area contributed by atoms with Crippen molar-refractivity contribution in [3.8, 4) is 67.5 Å². The molecule has 11 aromatic rings. The molecule has 4 heteroatoms. The van der Waals surface area contributed by atoms with Crippen LogP contribution in [0.4, 0.5) is 0 Å². The highest BCUT2D eigenvalue weighted by Crippen LogP contribution is 2.63. The molecule has 4 nitrogen and oxygen atoms in total. The fourth-order valence-corrected chi connectivity index (χ4v) is 10.4. The molecule has 0 amide bonds. The Labute approximate surface area is 346 Å². The molecule has 0 saturated carbocycles.